The first-order valence-corrected chi connectivity index (χ1v) is 6.57. The van der Waals surface area contributed by atoms with E-state index >= 15 is 0 Å². The van der Waals surface area contributed by atoms with Crippen molar-refractivity contribution in [1.82, 2.24) is 9.97 Å². The van der Waals surface area contributed by atoms with E-state index in [1.807, 2.05) is 6.07 Å². The van der Waals surface area contributed by atoms with Crippen LogP contribution in [0.25, 0.3) is 0 Å². The topological polar surface area (TPSA) is 67.1 Å². The Morgan fingerprint density at radius 1 is 1.25 bits per heavy atom. The number of halogens is 1. The second-order valence-electron chi connectivity index (χ2n) is 4.87. The van der Waals surface area contributed by atoms with Crippen LogP contribution in [0.2, 0.25) is 0 Å². The van der Waals surface area contributed by atoms with Crippen molar-refractivity contribution in [2.75, 3.05) is 23.3 Å². The lowest BCUT2D eigenvalue weighted by Crippen LogP contribution is -2.27. The fourth-order valence-electron chi connectivity index (χ4n) is 2.24. The molecular weight excluding hydrogens is 257 g/mol. The average molecular weight is 273 g/mol. The number of nitrogens with two attached hydrogens (primary N) is 1. The van der Waals surface area contributed by atoms with Crippen molar-refractivity contribution >= 4 is 17.5 Å². The lowest BCUT2D eigenvalue weighted by molar-refractivity contribution is 0.628. The molecule has 20 heavy (non-hydrogen) atoms. The maximum absolute atomic E-state index is 12.9. The molecule has 1 saturated heterocycles. The summed E-state index contributed by atoms with van der Waals surface area (Å²) in [6.45, 7) is 1.72. The third-order valence-corrected chi connectivity index (χ3v) is 3.29. The molecule has 2 heterocycles. The Hall–Kier alpha value is -2.21. The first-order valence-electron chi connectivity index (χ1n) is 6.57. The van der Waals surface area contributed by atoms with Gasteiger partial charge in [-0.25, -0.2) is 9.37 Å². The lowest BCUT2D eigenvalue weighted by Gasteiger charge is -2.17. The van der Waals surface area contributed by atoms with Gasteiger partial charge < -0.3 is 16.0 Å². The van der Waals surface area contributed by atoms with Gasteiger partial charge in [0.05, 0.1) is 0 Å². The van der Waals surface area contributed by atoms with E-state index < -0.39 is 0 Å². The summed E-state index contributed by atoms with van der Waals surface area (Å²) in [7, 11) is 0. The smallest absolute Gasteiger partial charge is 0.229 e. The Labute approximate surface area is 116 Å². The molecule has 0 aliphatic carbocycles. The Morgan fingerprint density at radius 3 is 2.75 bits per heavy atom. The monoisotopic (exact) mass is 273 g/mol. The van der Waals surface area contributed by atoms with E-state index in [1.54, 1.807) is 18.3 Å². The minimum absolute atomic E-state index is 0.207. The highest BCUT2D eigenvalue weighted by Gasteiger charge is 2.20. The molecular formula is C14H16FN5. The molecule has 0 amide bonds. The molecule has 0 bridgehead atoms. The Balaban J connectivity index is 1.75. The highest BCUT2D eigenvalue weighted by Crippen LogP contribution is 2.19. The van der Waals surface area contributed by atoms with E-state index in [0.29, 0.717) is 5.95 Å². The molecule has 5 nitrogen and oxygen atoms in total. The van der Waals surface area contributed by atoms with Gasteiger partial charge in [0.1, 0.15) is 11.6 Å². The summed E-state index contributed by atoms with van der Waals surface area (Å²) >= 11 is 0. The van der Waals surface area contributed by atoms with E-state index in [1.165, 1.54) is 12.1 Å². The molecule has 6 heteroatoms. The minimum Gasteiger partial charge on any atom is -0.355 e. The van der Waals surface area contributed by atoms with E-state index in [9.17, 15) is 4.39 Å². The van der Waals surface area contributed by atoms with E-state index in [4.69, 9.17) is 5.73 Å². The summed E-state index contributed by atoms with van der Waals surface area (Å²) in [5.41, 5.74) is 6.65. The van der Waals surface area contributed by atoms with Crippen LogP contribution in [0.3, 0.4) is 0 Å². The Bertz CT molecular complexity index is 586. The molecule has 0 radical (unpaired) electrons. The van der Waals surface area contributed by atoms with Gasteiger partial charge in [-0.2, -0.15) is 4.98 Å². The summed E-state index contributed by atoms with van der Waals surface area (Å²) in [5.74, 6) is 1.09. The second-order valence-corrected chi connectivity index (χ2v) is 4.87. The second kappa shape index (κ2) is 5.42. The number of aromatic nitrogens is 2. The number of rotatable bonds is 3. The van der Waals surface area contributed by atoms with E-state index in [-0.39, 0.29) is 11.9 Å². The summed E-state index contributed by atoms with van der Waals surface area (Å²) in [4.78, 5) is 10.8. The van der Waals surface area contributed by atoms with Gasteiger partial charge in [0.15, 0.2) is 0 Å². The number of nitrogens with one attached hydrogen (secondary N) is 1. The van der Waals surface area contributed by atoms with Crippen molar-refractivity contribution < 1.29 is 4.39 Å². The van der Waals surface area contributed by atoms with Gasteiger partial charge in [-0.05, 0) is 36.8 Å². The van der Waals surface area contributed by atoms with Crippen LogP contribution in [0.4, 0.5) is 21.8 Å². The van der Waals surface area contributed by atoms with Crippen LogP contribution in [0, 0.1) is 5.82 Å². The number of nitrogens with zero attached hydrogens (tertiary/aromatic N) is 3. The van der Waals surface area contributed by atoms with Gasteiger partial charge in [-0.3, -0.25) is 0 Å². The normalized spacial score (nSPS) is 18.3. The highest BCUT2D eigenvalue weighted by molar-refractivity contribution is 5.55. The van der Waals surface area contributed by atoms with Crippen LogP contribution < -0.4 is 16.0 Å². The van der Waals surface area contributed by atoms with Gasteiger partial charge in [0.2, 0.25) is 5.95 Å². The number of benzene rings is 1. The molecule has 104 valence electrons. The van der Waals surface area contributed by atoms with Crippen LogP contribution in [-0.4, -0.2) is 29.1 Å². The zero-order chi connectivity index (χ0) is 13.9. The largest absolute Gasteiger partial charge is 0.355 e. The van der Waals surface area contributed by atoms with Crippen molar-refractivity contribution in [2.24, 2.45) is 5.73 Å². The molecule has 0 spiro atoms. The summed E-state index contributed by atoms with van der Waals surface area (Å²) in [6, 6.07) is 8.16. The minimum atomic E-state index is -0.267. The molecule has 2 aromatic rings. The first kappa shape index (κ1) is 12.8. The molecule has 0 saturated carbocycles. The van der Waals surface area contributed by atoms with Gasteiger partial charge in [-0.1, -0.05) is 0 Å². The summed E-state index contributed by atoms with van der Waals surface area (Å²) < 4.78 is 12.9. The maximum atomic E-state index is 12.9. The van der Waals surface area contributed by atoms with Crippen LogP contribution in [0.5, 0.6) is 0 Å². The first-order chi connectivity index (χ1) is 9.70. The molecule has 1 aromatic carbocycles. The third kappa shape index (κ3) is 2.85. The number of anilines is 3. The summed E-state index contributed by atoms with van der Waals surface area (Å²) in [6.07, 6.45) is 2.68. The molecule has 1 fully saturated rings. The molecule has 3 rings (SSSR count). The van der Waals surface area contributed by atoms with Gasteiger partial charge in [-0.15, -0.1) is 0 Å². The Kier molecular flexibility index (Phi) is 3.47. The fourth-order valence-corrected chi connectivity index (χ4v) is 2.24. The predicted octanol–water partition coefficient (Wildman–Crippen LogP) is 1.90. The average Bonchev–Trinajstić information content (AvgIpc) is 2.89. The Morgan fingerprint density at radius 2 is 2.05 bits per heavy atom. The fraction of sp³-hybridized carbons (Fsp3) is 0.286. The zero-order valence-electron chi connectivity index (χ0n) is 11.0. The van der Waals surface area contributed by atoms with Crippen LogP contribution in [-0.2, 0) is 0 Å². The van der Waals surface area contributed by atoms with Crippen molar-refractivity contribution in [3.8, 4) is 0 Å². The molecule has 0 unspecified atom stereocenters. The van der Waals surface area contributed by atoms with Crippen molar-refractivity contribution in [2.45, 2.75) is 12.5 Å². The number of hydrogen-bond donors (Lipinski definition) is 2. The SMILES string of the molecule is N[C@H]1CCN(c2ccnc(Nc3ccc(F)cc3)n2)C1. The highest BCUT2D eigenvalue weighted by atomic mass is 19.1. The molecule has 1 aromatic heterocycles. The van der Waals surface area contributed by atoms with Crippen LogP contribution in [0.1, 0.15) is 6.42 Å². The quantitative estimate of drug-likeness (QED) is 0.894. The predicted molar refractivity (Wildman–Crippen MR) is 76.5 cm³/mol. The van der Waals surface area contributed by atoms with E-state index in [0.717, 1.165) is 31.0 Å². The number of hydrogen-bond acceptors (Lipinski definition) is 5. The lowest BCUT2D eigenvalue weighted by atomic mass is 10.3. The van der Waals surface area contributed by atoms with Crippen LogP contribution in [0.15, 0.2) is 36.5 Å². The standard InChI is InChI=1S/C14H16FN5/c15-10-1-3-12(4-2-10)18-14-17-7-5-13(19-14)20-8-6-11(16)9-20/h1-5,7,11H,6,8-9,16H2,(H,17,18,19)/t11-/m0/s1. The van der Waals surface area contributed by atoms with E-state index in [2.05, 4.69) is 20.2 Å². The van der Waals surface area contributed by atoms with Crippen molar-refractivity contribution in [3.05, 3.63) is 42.3 Å². The summed E-state index contributed by atoms with van der Waals surface area (Å²) in [5, 5.41) is 3.06. The molecule has 1 atom stereocenters. The third-order valence-electron chi connectivity index (χ3n) is 3.29. The van der Waals surface area contributed by atoms with Gasteiger partial charge in [0.25, 0.3) is 0 Å². The van der Waals surface area contributed by atoms with Crippen molar-refractivity contribution in [3.63, 3.8) is 0 Å². The maximum Gasteiger partial charge on any atom is 0.229 e. The molecule has 1 aliphatic heterocycles. The van der Waals surface area contributed by atoms with Crippen LogP contribution >= 0.6 is 0 Å². The van der Waals surface area contributed by atoms with Gasteiger partial charge in [0, 0.05) is 31.0 Å². The molecule has 1 aliphatic rings. The zero-order valence-corrected chi connectivity index (χ0v) is 11.0. The van der Waals surface area contributed by atoms with Crippen molar-refractivity contribution in [1.29, 1.82) is 0 Å². The molecule has 3 N–H and O–H groups in total. The van der Waals surface area contributed by atoms with Gasteiger partial charge >= 0.3 is 0 Å².